The summed E-state index contributed by atoms with van der Waals surface area (Å²) in [4.78, 5) is 0. The fourth-order valence-corrected chi connectivity index (χ4v) is 3.77. The Morgan fingerprint density at radius 2 is 1.76 bits per heavy atom. The molecule has 5 heteroatoms. The third-order valence-electron chi connectivity index (χ3n) is 5.84. The summed E-state index contributed by atoms with van der Waals surface area (Å²) >= 11 is 0. The van der Waals surface area contributed by atoms with E-state index in [0.717, 1.165) is 25.2 Å². The topological polar surface area (TPSA) is 27.7 Å². The normalized spacial score (nSPS) is 23.7. The second kappa shape index (κ2) is 13.9. The molecular weight excluding hydrogens is 374 g/mol. The predicted octanol–water partition coefficient (Wildman–Crippen LogP) is 7.05. The number of allylic oxidation sites excluding steroid dienone is 4. The van der Waals surface area contributed by atoms with Gasteiger partial charge in [-0.05, 0) is 70.3 Å². The van der Waals surface area contributed by atoms with E-state index in [-0.39, 0.29) is 17.8 Å². The van der Waals surface area contributed by atoms with Gasteiger partial charge in [-0.3, -0.25) is 0 Å². The summed E-state index contributed by atoms with van der Waals surface area (Å²) in [6.07, 6.45) is 9.60. The van der Waals surface area contributed by atoms with Crippen molar-refractivity contribution in [3.8, 4) is 0 Å². The average molecular weight is 415 g/mol. The number of rotatable bonds is 13. The molecule has 0 radical (unpaired) electrons. The van der Waals surface area contributed by atoms with E-state index in [1.54, 1.807) is 0 Å². The van der Waals surface area contributed by atoms with Crippen LogP contribution in [0.2, 0.25) is 0 Å². The lowest BCUT2D eigenvalue weighted by atomic mass is 9.84. The fourth-order valence-electron chi connectivity index (χ4n) is 3.77. The van der Waals surface area contributed by atoms with Gasteiger partial charge in [0.25, 0.3) is 0 Å². The SMILES string of the molecule is C=CCCC1CCC(OCC(C)OCC(C)/C(CC)=C(F)/C(F)=C(\C)OC)CC1. The van der Waals surface area contributed by atoms with Crippen LogP contribution >= 0.6 is 0 Å². The van der Waals surface area contributed by atoms with E-state index >= 15 is 0 Å². The minimum absolute atomic E-state index is 0.0532. The zero-order valence-corrected chi connectivity index (χ0v) is 18.9. The Bertz CT molecular complexity index is 548. The molecule has 1 fully saturated rings. The van der Waals surface area contributed by atoms with Crippen LogP contribution in [0.4, 0.5) is 8.78 Å². The van der Waals surface area contributed by atoms with Crippen LogP contribution in [-0.2, 0) is 14.2 Å². The second-order valence-electron chi connectivity index (χ2n) is 8.15. The number of hydrogen-bond donors (Lipinski definition) is 0. The first-order valence-corrected chi connectivity index (χ1v) is 11.0. The van der Waals surface area contributed by atoms with Crippen molar-refractivity contribution in [3.63, 3.8) is 0 Å². The van der Waals surface area contributed by atoms with Crippen molar-refractivity contribution in [1.29, 1.82) is 0 Å². The van der Waals surface area contributed by atoms with Gasteiger partial charge in [0.2, 0.25) is 0 Å². The molecule has 2 unspecified atom stereocenters. The Morgan fingerprint density at radius 3 is 2.31 bits per heavy atom. The molecule has 2 atom stereocenters. The fraction of sp³-hybridized carbons (Fsp3) is 0.750. The van der Waals surface area contributed by atoms with Crippen molar-refractivity contribution < 1.29 is 23.0 Å². The third kappa shape index (κ3) is 9.00. The summed E-state index contributed by atoms with van der Waals surface area (Å²) in [6.45, 7) is 11.7. The Kier molecular flexibility index (Phi) is 12.4. The first kappa shape index (κ1) is 25.8. The lowest BCUT2D eigenvalue weighted by molar-refractivity contribution is -0.0548. The van der Waals surface area contributed by atoms with Crippen LogP contribution in [0.1, 0.15) is 72.6 Å². The van der Waals surface area contributed by atoms with Crippen molar-refractivity contribution in [1.82, 2.24) is 0 Å². The van der Waals surface area contributed by atoms with Gasteiger partial charge in [-0.25, -0.2) is 8.78 Å². The maximum Gasteiger partial charge on any atom is 0.195 e. The standard InChI is InChI=1S/C24H40F2O3/c1-7-9-10-20-11-13-21(14-12-20)29-16-18(4)28-15-17(3)22(8-2)24(26)23(25)19(5)27-6/h7,17-18,20-21H,1,8-16H2,2-6H3/b23-19-,24-22-. The van der Waals surface area contributed by atoms with Crippen LogP contribution in [-0.4, -0.2) is 32.5 Å². The van der Waals surface area contributed by atoms with Gasteiger partial charge in [0.15, 0.2) is 11.7 Å². The first-order chi connectivity index (χ1) is 13.8. The summed E-state index contributed by atoms with van der Waals surface area (Å²) in [6, 6.07) is 0. The summed E-state index contributed by atoms with van der Waals surface area (Å²) in [7, 11) is 1.33. The lowest BCUT2D eigenvalue weighted by Gasteiger charge is -2.29. The van der Waals surface area contributed by atoms with Crippen LogP contribution in [0.15, 0.2) is 35.6 Å². The van der Waals surface area contributed by atoms with Crippen molar-refractivity contribution in [3.05, 3.63) is 35.6 Å². The molecule has 0 amide bonds. The van der Waals surface area contributed by atoms with Crippen molar-refractivity contribution in [2.24, 2.45) is 11.8 Å². The first-order valence-electron chi connectivity index (χ1n) is 11.0. The van der Waals surface area contributed by atoms with Gasteiger partial charge in [-0.15, -0.1) is 6.58 Å². The van der Waals surface area contributed by atoms with Gasteiger partial charge in [0.05, 0.1) is 32.5 Å². The Hall–Kier alpha value is -1.20. The molecule has 0 aromatic rings. The molecule has 0 aromatic heterocycles. The van der Waals surface area contributed by atoms with Gasteiger partial charge in [0.1, 0.15) is 5.76 Å². The van der Waals surface area contributed by atoms with Crippen LogP contribution in [0.25, 0.3) is 0 Å². The van der Waals surface area contributed by atoms with Gasteiger partial charge < -0.3 is 14.2 Å². The zero-order valence-electron chi connectivity index (χ0n) is 18.9. The molecule has 3 nitrogen and oxygen atoms in total. The number of ether oxygens (including phenoxy) is 3. The summed E-state index contributed by atoms with van der Waals surface area (Å²) in [5.74, 6) is -1.25. The molecule has 0 heterocycles. The van der Waals surface area contributed by atoms with E-state index in [1.807, 2.05) is 26.8 Å². The number of hydrogen-bond acceptors (Lipinski definition) is 3. The third-order valence-corrected chi connectivity index (χ3v) is 5.84. The summed E-state index contributed by atoms with van der Waals surface area (Å²) in [5.41, 5.74) is 0.407. The number of halogens is 2. The maximum absolute atomic E-state index is 14.5. The van der Waals surface area contributed by atoms with Gasteiger partial charge >= 0.3 is 0 Å². The van der Waals surface area contributed by atoms with Crippen molar-refractivity contribution >= 4 is 0 Å². The molecule has 1 saturated carbocycles. The minimum atomic E-state index is -0.934. The van der Waals surface area contributed by atoms with Crippen molar-refractivity contribution in [2.75, 3.05) is 20.3 Å². The molecule has 1 aliphatic rings. The zero-order chi connectivity index (χ0) is 21.8. The summed E-state index contributed by atoms with van der Waals surface area (Å²) < 4.78 is 45.2. The molecule has 0 spiro atoms. The average Bonchev–Trinajstić information content (AvgIpc) is 2.74. The van der Waals surface area contributed by atoms with Gasteiger partial charge in [0, 0.05) is 5.92 Å². The molecule has 0 saturated heterocycles. The monoisotopic (exact) mass is 414 g/mol. The largest absolute Gasteiger partial charge is 0.498 e. The van der Waals surface area contributed by atoms with Crippen molar-refractivity contribution in [2.45, 2.75) is 84.8 Å². The smallest absolute Gasteiger partial charge is 0.195 e. The van der Waals surface area contributed by atoms with Crippen LogP contribution in [0.3, 0.4) is 0 Å². The molecule has 0 aromatic carbocycles. The molecular formula is C24H40F2O3. The highest BCUT2D eigenvalue weighted by Crippen LogP contribution is 2.30. The maximum atomic E-state index is 14.5. The Balaban J connectivity index is 2.41. The van der Waals surface area contributed by atoms with Gasteiger partial charge in [-0.1, -0.05) is 19.9 Å². The molecule has 168 valence electrons. The second-order valence-corrected chi connectivity index (χ2v) is 8.15. The van der Waals surface area contributed by atoms with Gasteiger partial charge in [-0.2, -0.15) is 0 Å². The highest BCUT2D eigenvalue weighted by molar-refractivity contribution is 5.28. The summed E-state index contributed by atoms with van der Waals surface area (Å²) in [5, 5.41) is 0. The highest BCUT2D eigenvalue weighted by Gasteiger charge is 2.23. The molecule has 0 N–H and O–H groups in total. The molecule has 0 aliphatic heterocycles. The lowest BCUT2D eigenvalue weighted by Crippen LogP contribution is -2.27. The minimum Gasteiger partial charge on any atom is -0.498 e. The van der Waals surface area contributed by atoms with E-state index in [9.17, 15) is 8.78 Å². The van der Waals surface area contributed by atoms with Crippen LogP contribution in [0.5, 0.6) is 0 Å². The van der Waals surface area contributed by atoms with Crippen LogP contribution in [0, 0.1) is 11.8 Å². The van der Waals surface area contributed by atoms with E-state index in [2.05, 4.69) is 6.58 Å². The quantitative estimate of drug-likeness (QED) is 0.184. The Morgan fingerprint density at radius 1 is 1.10 bits per heavy atom. The number of methoxy groups -OCH3 is 1. The van der Waals surface area contributed by atoms with E-state index in [4.69, 9.17) is 14.2 Å². The molecule has 1 rings (SSSR count). The molecule has 0 bridgehead atoms. The molecule has 1 aliphatic carbocycles. The highest BCUT2D eigenvalue weighted by atomic mass is 19.2. The van der Waals surface area contributed by atoms with E-state index in [0.29, 0.717) is 31.3 Å². The predicted molar refractivity (Wildman–Crippen MR) is 115 cm³/mol. The van der Waals surface area contributed by atoms with E-state index < -0.39 is 11.7 Å². The molecule has 29 heavy (non-hydrogen) atoms. The van der Waals surface area contributed by atoms with E-state index in [1.165, 1.54) is 33.3 Å². The Labute approximate surface area is 176 Å². The van der Waals surface area contributed by atoms with Crippen LogP contribution < -0.4 is 0 Å².